The van der Waals surface area contributed by atoms with E-state index < -0.39 is 11.1 Å². The molecule has 1 aromatic heterocycles. The standard InChI is InChI=1S/C19H28N4O3/c1-13(2)22-8-5-6-19(17(22)25)7-9-21(12-19)16(24)11-23-15(4)10-14(3)20-18(23)26/h10,13H,5-9,11-12H2,1-4H3. The number of carbonyl (C=O) groups excluding carboxylic acids is 2. The fraction of sp³-hybridized carbons (Fsp3) is 0.684. The van der Waals surface area contributed by atoms with Gasteiger partial charge >= 0.3 is 5.69 Å². The number of amides is 2. The molecule has 26 heavy (non-hydrogen) atoms. The first kappa shape index (κ1) is 18.6. The van der Waals surface area contributed by atoms with Crippen molar-refractivity contribution < 1.29 is 9.59 Å². The molecule has 7 nitrogen and oxygen atoms in total. The third-order valence-electron chi connectivity index (χ3n) is 5.74. The maximum absolute atomic E-state index is 13.0. The number of aromatic nitrogens is 2. The van der Waals surface area contributed by atoms with Crippen LogP contribution in [0.4, 0.5) is 0 Å². The highest BCUT2D eigenvalue weighted by Gasteiger charge is 2.49. The zero-order chi connectivity index (χ0) is 19.1. The summed E-state index contributed by atoms with van der Waals surface area (Å²) in [6.45, 7) is 9.46. The molecule has 1 aromatic rings. The lowest BCUT2D eigenvalue weighted by Gasteiger charge is -2.41. The van der Waals surface area contributed by atoms with Gasteiger partial charge in [-0.05, 0) is 53.0 Å². The summed E-state index contributed by atoms with van der Waals surface area (Å²) in [7, 11) is 0. The highest BCUT2D eigenvalue weighted by Crippen LogP contribution is 2.40. The quantitative estimate of drug-likeness (QED) is 0.809. The minimum Gasteiger partial charge on any atom is -0.340 e. The molecular formula is C19H28N4O3. The van der Waals surface area contributed by atoms with E-state index in [2.05, 4.69) is 4.98 Å². The van der Waals surface area contributed by atoms with Crippen LogP contribution in [0.15, 0.2) is 10.9 Å². The number of piperidine rings is 1. The van der Waals surface area contributed by atoms with Gasteiger partial charge in [-0.3, -0.25) is 14.2 Å². The summed E-state index contributed by atoms with van der Waals surface area (Å²) in [5.41, 5.74) is 0.538. The SMILES string of the molecule is Cc1cc(C)n(CC(=O)N2CCC3(CCCN(C(C)C)C3=O)C2)c(=O)n1. The van der Waals surface area contributed by atoms with Gasteiger partial charge in [0.2, 0.25) is 11.8 Å². The van der Waals surface area contributed by atoms with Crippen molar-refractivity contribution in [1.82, 2.24) is 19.4 Å². The largest absolute Gasteiger partial charge is 0.348 e. The predicted octanol–water partition coefficient (Wildman–Crippen LogP) is 1.11. The minimum absolute atomic E-state index is 0.0177. The first-order valence-corrected chi connectivity index (χ1v) is 9.37. The Balaban J connectivity index is 1.74. The fourth-order valence-corrected chi connectivity index (χ4v) is 4.26. The van der Waals surface area contributed by atoms with E-state index in [1.807, 2.05) is 18.7 Å². The van der Waals surface area contributed by atoms with E-state index in [1.54, 1.807) is 24.8 Å². The molecule has 0 saturated carbocycles. The van der Waals surface area contributed by atoms with Gasteiger partial charge in [0.05, 0.1) is 5.41 Å². The highest BCUT2D eigenvalue weighted by atomic mass is 16.2. The molecule has 1 unspecified atom stereocenters. The summed E-state index contributed by atoms with van der Waals surface area (Å²) in [5, 5.41) is 0. The van der Waals surface area contributed by atoms with E-state index in [9.17, 15) is 14.4 Å². The maximum atomic E-state index is 13.0. The molecule has 2 aliphatic rings. The van der Waals surface area contributed by atoms with Crippen molar-refractivity contribution >= 4 is 11.8 Å². The third-order valence-corrected chi connectivity index (χ3v) is 5.74. The predicted molar refractivity (Wildman–Crippen MR) is 97.7 cm³/mol. The number of hydrogen-bond donors (Lipinski definition) is 0. The summed E-state index contributed by atoms with van der Waals surface area (Å²) in [5.74, 6) is 0.0617. The molecule has 3 rings (SSSR count). The number of carbonyl (C=O) groups is 2. The number of likely N-dealkylation sites (tertiary alicyclic amines) is 2. The molecule has 0 aromatic carbocycles. The fourth-order valence-electron chi connectivity index (χ4n) is 4.26. The molecule has 0 aliphatic carbocycles. The van der Waals surface area contributed by atoms with Crippen LogP contribution in [0.25, 0.3) is 0 Å². The molecule has 0 bridgehead atoms. The Labute approximate surface area is 154 Å². The van der Waals surface area contributed by atoms with Gasteiger partial charge in [-0.1, -0.05) is 0 Å². The van der Waals surface area contributed by atoms with E-state index in [0.29, 0.717) is 25.2 Å². The summed E-state index contributed by atoms with van der Waals surface area (Å²) in [6, 6.07) is 1.98. The van der Waals surface area contributed by atoms with E-state index >= 15 is 0 Å². The average molecular weight is 360 g/mol. The van der Waals surface area contributed by atoms with Gasteiger partial charge in [-0.2, -0.15) is 4.98 Å². The molecule has 1 spiro atoms. The number of aryl methyl sites for hydroxylation is 2. The van der Waals surface area contributed by atoms with Gasteiger partial charge < -0.3 is 9.80 Å². The van der Waals surface area contributed by atoms with Crippen molar-refractivity contribution in [2.24, 2.45) is 5.41 Å². The first-order chi connectivity index (χ1) is 12.2. The van der Waals surface area contributed by atoms with E-state index in [-0.39, 0.29) is 24.4 Å². The van der Waals surface area contributed by atoms with Crippen molar-refractivity contribution in [2.45, 2.75) is 59.5 Å². The van der Waals surface area contributed by atoms with Gasteiger partial charge in [0, 0.05) is 37.1 Å². The Morgan fingerprint density at radius 3 is 2.62 bits per heavy atom. The molecule has 2 fully saturated rings. The lowest BCUT2D eigenvalue weighted by Crippen LogP contribution is -2.52. The Kier molecular flexibility index (Phi) is 4.90. The van der Waals surface area contributed by atoms with Gasteiger partial charge in [-0.25, -0.2) is 4.79 Å². The Morgan fingerprint density at radius 2 is 1.96 bits per heavy atom. The van der Waals surface area contributed by atoms with Crippen molar-refractivity contribution in [3.63, 3.8) is 0 Å². The van der Waals surface area contributed by atoms with Gasteiger partial charge in [-0.15, -0.1) is 0 Å². The second-order valence-corrected chi connectivity index (χ2v) is 7.95. The smallest absolute Gasteiger partial charge is 0.340 e. The van der Waals surface area contributed by atoms with E-state index in [1.165, 1.54) is 4.57 Å². The molecule has 2 amide bonds. The molecule has 0 radical (unpaired) electrons. The van der Waals surface area contributed by atoms with Crippen LogP contribution in [0.2, 0.25) is 0 Å². The molecule has 2 aliphatic heterocycles. The highest BCUT2D eigenvalue weighted by molar-refractivity contribution is 5.86. The molecule has 1 atom stereocenters. The van der Waals surface area contributed by atoms with Crippen LogP contribution < -0.4 is 5.69 Å². The van der Waals surface area contributed by atoms with Crippen LogP contribution in [-0.2, 0) is 16.1 Å². The van der Waals surface area contributed by atoms with Gasteiger partial charge in [0.1, 0.15) is 6.54 Å². The number of hydrogen-bond acceptors (Lipinski definition) is 4. The normalized spacial score (nSPS) is 23.3. The van der Waals surface area contributed by atoms with Gasteiger partial charge in [0.25, 0.3) is 0 Å². The van der Waals surface area contributed by atoms with Crippen LogP contribution in [0.1, 0.15) is 44.5 Å². The molecule has 142 valence electrons. The zero-order valence-electron chi connectivity index (χ0n) is 16.1. The summed E-state index contributed by atoms with van der Waals surface area (Å²) >= 11 is 0. The van der Waals surface area contributed by atoms with Crippen LogP contribution >= 0.6 is 0 Å². The number of rotatable bonds is 3. The van der Waals surface area contributed by atoms with Crippen LogP contribution in [-0.4, -0.2) is 56.8 Å². The molecule has 0 N–H and O–H groups in total. The Morgan fingerprint density at radius 1 is 1.23 bits per heavy atom. The minimum atomic E-state index is -0.441. The van der Waals surface area contributed by atoms with Crippen LogP contribution in [0.5, 0.6) is 0 Å². The van der Waals surface area contributed by atoms with E-state index in [4.69, 9.17) is 0 Å². The Bertz CT molecular complexity index is 785. The molecular weight excluding hydrogens is 332 g/mol. The first-order valence-electron chi connectivity index (χ1n) is 9.37. The number of nitrogens with zero attached hydrogens (tertiary/aromatic N) is 4. The van der Waals surface area contributed by atoms with Crippen molar-refractivity contribution in [1.29, 1.82) is 0 Å². The second-order valence-electron chi connectivity index (χ2n) is 7.95. The second kappa shape index (κ2) is 6.85. The third kappa shape index (κ3) is 3.27. The molecule has 2 saturated heterocycles. The molecule has 7 heteroatoms. The summed E-state index contributed by atoms with van der Waals surface area (Å²) < 4.78 is 1.41. The van der Waals surface area contributed by atoms with Crippen molar-refractivity contribution in [3.8, 4) is 0 Å². The molecule has 3 heterocycles. The zero-order valence-corrected chi connectivity index (χ0v) is 16.1. The van der Waals surface area contributed by atoms with Crippen LogP contribution in [0, 0.1) is 19.3 Å². The lowest BCUT2D eigenvalue weighted by molar-refractivity contribution is -0.148. The summed E-state index contributed by atoms with van der Waals surface area (Å²) in [4.78, 5) is 45.4. The van der Waals surface area contributed by atoms with Crippen LogP contribution in [0.3, 0.4) is 0 Å². The maximum Gasteiger partial charge on any atom is 0.348 e. The average Bonchev–Trinajstić information content (AvgIpc) is 2.98. The summed E-state index contributed by atoms with van der Waals surface area (Å²) in [6.07, 6.45) is 2.52. The van der Waals surface area contributed by atoms with Crippen molar-refractivity contribution in [2.75, 3.05) is 19.6 Å². The van der Waals surface area contributed by atoms with Gasteiger partial charge in [0.15, 0.2) is 0 Å². The van der Waals surface area contributed by atoms with E-state index in [0.717, 1.165) is 25.1 Å². The lowest BCUT2D eigenvalue weighted by atomic mass is 9.78. The topological polar surface area (TPSA) is 75.5 Å². The van der Waals surface area contributed by atoms with Crippen molar-refractivity contribution in [3.05, 3.63) is 27.9 Å². The Hall–Kier alpha value is -2.18. The monoisotopic (exact) mass is 360 g/mol.